The van der Waals surface area contributed by atoms with Crippen LogP contribution in [0, 0.1) is 21.1 Å². The summed E-state index contributed by atoms with van der Waals surface area (Å²) in [7, 11) is 9.00. The van der Waals surface area contributed by atoms with Crippen LogP contribution in [0.4, 0.5) is 0 Å². The fourth-order valence-corrected chi connectivity index (χ4v) is 0.0519. The Hall–Kier alpha value is -0.570. The monoisotopic (exact) mass is 97.0 g/mol. The van der Waals surface area contributed by atoms with Crippen LogP contribution in [0.1, 0.15) is 0 Å². The van der Waals surface area contributed by atoms with Crippen molar-refractivity contribution in [2.75, 3.05) is 0 Å². The lowest BCUT2D eigenvalue weighted by atomic mass is 10.7. The Balaban J connectivity index is 3.34. The van der Waals surface area contributed by atoms with Crippen LogP contribution in [-0.2, 0) is 9.63 Å². The van der Waals surface area contributed by atoms with Gasteiger partial charge in [-0.3, -0.25) is 9.63 Å². The summed E-state index contributed by atoms with van der Waals surface area (Å²) in [5, 5.41) is 0.208. The quantitative estimate of drug-likeness (QED) is 0.335. The molecule has 0 aliphatic rings. The zero-order valence-corrected chi connectivity index (χ0v) is 3.50. The summed E-state index contributed by atoms with van der Waals surface area (Å²) in [6.45, 7) is 4.50. The number of carbonyl (C=O) groups excluding carboxylic acids is 1. The van der Waals surface area contributed by atoms with Crippen molar-refractivity contribution in [2.45, 2.75) is 0 Å². The summed E-state index contributed by atoms with van der Waals surface area (Å²) < 4.78 is 0. The fraction of sp³-hybridized carbons (Fsp3) is 0. The Kier molecular flexibility index (Phi) is 2.37. The van der Waals surface area contributed by atoms with Crippen LogP contribution in [0.15, 0.2) is 0 Å². The molecular formula is C4H3NO2. The van der Waals surface area contributed by atoms with Crippen molar-refractivity contribution in [3.8, 4) is 0 Å². The van der Waals surface area contributed by atoms with Crippen LogP contribution >= 0.6 is 0 Å². The van der Waals surface area contributed by atoms with Crippen LogP contribution in [0.3, 0.4) is 0 Å². The van der Waals surface area contributed by atoms with Gasteiger partial charge >= 0.3 is 0 Å². The second-order valence-electron chi connectivity index (χ2n) is 0.769. The molecule has 0 saturated carbocycles. The SMILES string of the molecule is [CH]ON([CH])C([CH])=O. The normalized spacial score (nSPS) is 8.43. The third kappa shape index (κ3) is 2.17. The molecule has 3 heteroatoms. The maximum Gasteiger partial charge on any atom is 0.251 e. The minimum absolute atomic E-state index is 0.208. The summed E-state index contributed by atoms with van der Waals surface area (Å²) in [5.41, 5.74) is 0. The van der Waals surface area contributed by atoms with Crippen molar-refractivity contribution >= 4 is 5.91 Å². The minimum atomic E-state index is -0.942. The molecule has 36 valence electrons. The Labute approximate surface area is 42.8 Å². The first-order chi connectivity index (χ1) is 3.18. The van der Waals surface area contributed by atoms with Gasteiger partial charge in [-0.15, -0.1) is 0 Å². The molecule has 0 aliphatic heterocycles. The summed E-state index contributed by atoms with van der Waals surface area (Å²) in [6, 6.07) is 0. The maximum absolute atomic E-state index is 9.75. The second-order valence-corrected chi connectivity index (χ2v) is 0.769. The van der Waals surface area contributed by atoms with Gasteiger partial charge in [-0.25, -0.2) is 5.06 Å². The highest BCUT2D eigenvalue weighted by Gasteiger charge is 1.97. The third-order valence-corrected chi connectivity index (χ3v) is 0.331. The van der Waals surface area contributed by atoms with Gasteiger partial charge in [0.2, 0.25) is 0 Å². The molecule has 0 spiro atoms. The molecule has 0 fully saturated rings. The van der Waals surface area contributed by atoms with Gasteiger partial charge in [0.1, 0.15) is 14.2 Å². The predicted molar refractivity (Wildman–Crippen MR) is 20.8 cm³/mol. The van der Waals surface area contributed by atoms with E-state index in [0.29, 0.717) is 0 Å². The number of nitrogens with zero attached hydrogens (tertiary/aromatic N) is 1. The molecule has 0 saturated heterocycles. The number of carbonyl (C=O) groups is 1. The smallest absolute Gasteiger partial charge is 0.251 e. The van der Waals surface area contributed by atoms with Gasteiger partial charge in [-0.2, -0.15) is 0 Å². The Bertz CT molecular complexity index is 72.1. The molecule has 3 nitrogen and oxygen atoms in total. The van der Waals surface area contributed by atoms with E-state index in [9.17, 15) is 4.79 Å². The van der Waals surface area contributed by atoms with Crippen LogP contribution in [0.2, 0.25) is 0 Å². The van der Waals surface area contributed by atoms with Crippen LogP contribution < -0.4 is 0 Å². The van der Waals surface area contributed by atoms with Crippen LogP contribution in [0.25, 0.3) is 0 Å². The lowest BCUT2D eigenvalue weighted by molar-refractivity contribution is -0.152. The number of hydroxylamine groups is 2. The second kappa shape index (κ2) is 2.58. The molecular weight excluding hydrogens is 94.0 g/mol. The standard InChI is InChI=1S/C4H3NO2/c1-4(6)5(2)7-3/h1-3H. The Morgan fingerprint density at radius 2 is 2.14 bits per heavy atom. The van der Waals surface area contributed by atoms with E-state index >= 15 is 0 Å². The first kappa shape index (κ1) is 6.43. The van der Waals surface area contributed by atoms with E-state index in [-0.39, 0.29) is 5.06 Å². The fourth-order valence-electron chi connectivity index (χ4n) is 0.0519. The summed E-state index contributed by atoms with van der Waals surface area (Å²) >= 11 is 0. The van der Waals surface area contributed by atoms with E-state index in [1.165, 1.54) is 0 Å². The van der Waals surface area contributed by atoms with Crippen molar-refractivity contribution in [2.24, 2.45) is 0 Å². The number of hydrogen-bond acceptors (Lipinski definition) is 2. The van der Waals surface area contributed by atoms with Gasteiger partial charge in [-0.1, -0.05) is 0 Å². The number of hydrogen-bond donors (Lipinski definition) is 0. The molecule has 7 heavy (non-hydrogen) atoms. The van der Waals surface area contributed by atoms with Crippen molar-refractivity contribution in [1.29, 1.82) is 0 Å². The largest absolute Gasteiger partial charge is 0.272 e. The molecule has 0 aromatic rings. The highest BCUT2D eigenvalue weighted by Crippen LogP contribution is 1.82. The average molecular weight is 97.1 g/mol. The van der Waals surface area contributed by atoms with Gasteiger partial charge in [0.15, 0.2) is 0 Å². The molecule has 0 aliphatic carbocycles. The lowest BCUT2D eigenvalue weighted by Crippen LogP contribution is -2.18. The molecule has 6 radical (unpaired) electrons. The third-order valence-electron chi connectivity index (χ3n) is 0.331. The van der Waals surface area contributed by atoms with E-state index in [2.05, 4.69) is 25.9 Å². The van der Waals surface area contributed by atoms with Gasteiger partial charge in [0.25, 0.3) is 5.91 Å². The topological polar surface area (TPSA) is 29.5 Å². The lowest BCUT2D eigenvalue weighted by Gasteiger charge is -2.06. The molecule has 0 rings (SSSR count). The van der Waals surface area contributed by atoms with Crippen LogP contribution in [0.5, 0.6) is 0 Å². The minimum Gasteiger partial charge on any atom is -0.272 e. The van der Waals surface area contributed by atoms with E-state index in [1.54, 1.807) is 0 Å². The van der Waals surface area contributed by atoms with Crippen molar-refractivity contribution in [3.63, 3.8) is 0 Å². The zero-order chi connectivity index (χ0) is 5.86. The Morgan fingerprint density at radius 1 is 1.71 bits per heavy atom. The molecule has 0 heterocycles. The van der Waals surface area contributed by atoms with Gasteiger partial charge in [-0.05, 0) is 0 Å². The Morgan fingerprint density at radius 3 is 2.14 bits per heavy atom. The summed E-state index contributed by atoms with van der Waals surface area (Å²) in [5.74, 6) is -0.942. The molecule has 0 atom stereocenters. The van der Waals surface area contributed by atoms with E-state index in [1.807, 2.05) is 0 Å². The van der Waals surface area contributed by atoms with Crippen molar-refractivity contribution in [1.82, 2.24) is 5.06 Å². The highest BCUT2D eigenvalue weighted by atomic mass is 16.7. The van der Waals surface area contributed by atoms with Gasteiger partial charge in [0.05, 0.1) is 6.92 Å². The molecule has 1 amide bonds. The number of rotatable bonds is 1. The van der Waals surface area contributed by atoms with E-state index in [0.717, 1.165) is 0 Å². The maximum atomic E-state index is 9.75. The van der Waals surface area contributed by atoms with E-state index in [4.69, 9.17) is 0 Å². The number of amides is 1. The summed E-state index contributed by atoms with van der Waals surface area (Å²) in [4.78, 5) is 13.4. The molecule has 0 unspecified atom stereocenters. The molecule has 0 bridgehead atoms. The molecule has 0 aromatic heterocycles. The predicted octanol–water partition coefficient (Wildman–Crippen LogP) is -0.205. The van der Waals surface area contributed by atoms with Gasteiger partial charge < -0.3 is 0 Å². The summed E-state index contributed by atoms with van der Waals surface area (Å²) in [6.07, 6.45) is 0. The van der Waals surface area contributed by atoms with Crippen LogP contribution in [-0.4, -0.2) is 11.0 Å². The van der Waals surface area contributed by atoms with Gasteiger partial charge in [0, 0.05) is 0 Å². The van der Waals surface area contributed by atoms with Crippen molar-refractivity contribution in [3.05, 3.63) is 21.1 Å². The zero-order valence-electron chi connectivity index (χ0n) is 3.50. The first-order valence-corrected chi connectivity index (χ1v) is 1.39. The molecule has 0 aromatic carbocycles. The first-order valence-electron chi connectivity index (χ1n) is 1.39. The van der Waals surface area contributed by atoms with E-state index < -0.39 is 5.91 Å². The molecule has 0 N–H and O–H groups in total. The van der Waals surface area contributed by atoms with Crippen molar-refractivity contribution < 1.29 is 9.63 Å². The average Bonchev–Trinajstić information content (AvgIpc) is 1.65. The highest BCUT2D eigenvalue weighted by molar-refractivity contribution is 5.79.